The molecule has 1 aromatic heterocycles. The van der Waals surface area contributed by atoms with E-state index in [1.807, 2.05) is 31.4 Å². The number of nitrogens with one attached hydrogen (secondary N) is 1. The maximum absolute atomic E-state index is 12.5. The SMILES string of the molecule is CC(C)(C(=O)Nc1ccc(OCCCC(=O)O)cc1)c1cccs1. The Morgan fingerprint density at radius 3 is 2.50 bits per heavy atom. The van der Waals surface area contributed by atoms with Crippen molar-refractivity contribution >= 4 is 28.9 Å². The number of ether oxygens (including phenoxy) is 1. The molecule has 0 aliphatic rings. The zero-order valence-electron chi connectivity index (χ0n) is 13.7. The van der Waals surface area contributed by atoms with E-state index < -0.39 is 11.4 Å². The van der Waals surface area contributed by atoms with Crippen LogP contribution >= 0.6 is 11.3 Å². The molecule has 0 radical (unpaired) electrons. The van der Waals surface area contributed by atoms with Gasteiger partial charge in [0.1, 0.15) is 5.75 Å². The standard InChI is InChI=1S/C18H21NO4S/c1-18(2,15-5-4-12-24-15)17(22)19-13-7-9-14(10-8-13)23-11-3-6-16(20)21/h4-5,7-10,12H,3,6,11H2,1-2H3,(H,19,22)(H,20,21). The molecular weight excluding hydrogens is 326 g/mol. The van der Waals surface area contributed by atoms with Gasteiger partial charge in [0.05, 0.1) is 12.0 Å². The van der Waals surface area contributed by atoms with E-state index in [9.17, 15) is 9.59 Å². The summed E-state index contributed by atoms with van der Waals surface area (Å²) < 4.78 is 5.47. The molecule has 1 aromatic carbocycles. The molecule has 24 heavy (non-hydrogen) atoms. The van der Waals surface area contributed by atoms with Crippen LogP contribution in [0, 0.1) is 0 Å². The predicted molar refractivity (Wildman–Crippen MR) is 94.8 cm³/mol. The number of carbonyl (C=O) groups is 2. The maximum Gasteiger partial charge on any atom is 0.303 e. The number of hydrogen-bond acceptors (Lipinski definition) is 4. The predicted octanol–water partition coefficient (Wildman–Crippen LogP) is 3.91. The lowest BCUT2D eigenvalue weighted by Crippen LogP contribution is -2.33. The van der Waals surface area contributed by atoms with Gasteiger partial charge in [-0.2, -0.15) is 0 Å². The van der Waals surface area contributed by atoms with Crippen molar-refractivity contribution in [3.05, 3.63) is 46.7 Å². The second-order valence-corrected chi connectivity index (χ2v) is 6.87. The number of amides is 1. The molecule has 2 N–H and O–H groups in total. The summed E-state index contributed by atoms with van der Waals surface area (Å²) in [4.78, 5) is 23.9. The highest BCUT2D eigenvalue weighted by Crippen LogP contribution is 2.29. The fraction of sp³-hybridized carbons (Fsp3) is 0.333. The van der Waals surface area contributed by atoms with E-state index in [1.54, 1.807) is 35.6 Å². The fourth-order valence-corrected chi connectivity index (χ4v) is 2.93. The van der Waals surface area contributed by atoms with Crippen molar-refractivity contribution in [3.63, 3.8) is 0 Å². The second kappa shape index (κ2) is 7.97. The van der Waals surface area contributed by atoms with Crippen molar-refractivity contribution in [2.45, 2.75) is 32.1 Å². The quantitative estimate of drug-likeness (QED) is 0.710. The van der Waals surface area contributed by atoms with Crippen LogP contribution in [-0.4, -0.2) is 23.6 Å². The number of benzene rings is 1. The smallest absolute Gasteiger partial charge is 0.303 e. The molecule has 0 spiro atoms. The second-order valence-electron chi connectivity index (χ2n) is 5.93. The number of aliphatic carboxylic acids is 1. The van der Waals surface area contributed by atoms with E-state index in [0.717, 1.165) is 4.88 Å². The summed E-state index contributed by atoms with van der Waals surface area (Å²) in [5, 5.41) is 13.4. The van der Waals surface area contributed by atoms with Crippen LogP contribution in [0.3, 0.4) is 0 Å². The van der Waals surface area contributed by atoms with Gasteiger partial charge in [0.25, 0.3) is 0 Å². The Kier molecular flexibility index (Phi) is 5.98. The Labute approximate surface area is 145 Å². The van der Waals surface area contributed by atoms with Gasteiger partial charge in [0.2, 0.25) is 5.91 Å². The number of thiophene rings is 1. The Morgan fingerprint density at radius 2 is 1.92 bits per heavy atom. The van der Waals surface area contributed by atoms with Crippen LogP contribution in [0.1, 0.15) is 31.6 Å². The molecule has 6 heteroatoms. The molecule has 0 bridgehead atoms. The third kappa shape index (κ3) is 4.83. The van der Waals surface area contributed by atoms with Crippen molar-refractivity contribution in [3.8, 4) is 5.75 Å². The number of carboxylic acid groups (broad SMARTS) is 1. The highest BCUT2D eigenvalue weighted by molar-refractivity contribution is 7.10. The van der Waals surface area contributed by atoms with Crippen molar-refractivity contribution in [2.24, 2.45) is 0 Å². The summed E-state index contributed by atoms with van der Waals surface area (Å²) in [6.07, 6.45) is 0.550. The summed E-state index contributed by atoms with van der Waals surface area (Å²) in [6, 6.07) is 11.0. The molecule has 0 saturated heterocycles. The van der Waals surface area contributed by atoms with Crippen LogP contribution in [0.25, 0.3) is 0 Å². The lowest BCUT2D eigenvalue weighted by atomic mass is 9.90. The Bertz CT molecular complexity index is 678. The van der Waals surface area contributed by atoms with E-state index in [1.165, 1.54) is 0 Å². The van der Waals surface area contributed by atoms with Gasteiger partial charge in [-0.05, 0) is 56.0 Å². The van der Waals surface area contributed by atoms with Gasteiger partial charge in [-0.25, -0.2) is 0 Å². The number of carbonyl (C=O) groups excluding carboxylic acids is 1. The van der Waals surface area contributed by atoms with Crippen LogP contribution in [0.5, 0.6) is 5.75 Å². The minimum Gasteiger partial charge on any atom is -0.494 e. The van der Waals surface area contributed by atoms with Crippen molar-refractivity contribution in [1.29, 1.82) is 0 Å². The van der Waals surface area contributed by atoms with E-state index in [4.69, 9.17) is 9.84 Å². The summed E-state index contributed by atoms with van der Waals surface area (Å²) in [5.74, 6) is -0.249. The molecule has 0 aliphatic heterocycles. The van der Waals surface area contributed by atoms with Gasteiger partial charge in [-0.3, -0.25) is 9.59 Å². The molecule has 2 rings (SSSR count). The minimum atomic E-state index is -0.829. The lowest BCUT2D eigenvalue weighted by Gasteiger charge is -2.22. The average Bonchev–Trinajstić information content (AvgIpc) is 3.08. The number of anilines is 1. The largest absolute Gasteiger partial charge is 0.494 e. The fourth-order valence-electron chi connectivity index (χ4n) is 2.08. The van der Waals surface area contributed by atoms with Crippen LogP contribution in [0.2, 0.25) is 0 Å². The lowest BCUT2D eigenvalue weighted by molar-refractivity contribution is -0.137. The van der Waals surface area contributed by atoms with Crippen LogP contribution in [-0.2, 0) is 15.0 Å². The van der Waals surface area contributed by atoms with Crippen molar-refractivity contribution in [1.82, 2.24) is 0 Å². The monoisotopic (exact) mass is 347 g/mol. The third-order valence-electron chi connectivity index (χ3n) is 3.62. The molecular formula is C18H21NO4S. The normalized spacial score (nSPS) is 11.1. The maximum atomic E-state index is 12.5. The van der Waals surface area contributed by atoms with Gasteiger partial charge in [-0.1, -0.05) is 6.07 Å². The van der Waals surface area contributed by atoms with Crippen LogP contribution in [0.4, 0.5) is 5.69 Å². The molecule has 1 amide bonds. The van der Waals surface area contributed by atoms with Gasteiger partial charge < -0.3 is 15.2 Å². The Balaban J connectivity index is 1.89. The summed E-state index contributed by atoms with van der Waals surface area (Å²) in [5.41, 5.74) is 0.0997. The number of rotatable bonds is 8. The first-order chi connectivity index (χ1) is 11.4. The van der Waals surface area contributed by atoms with E-state index in [2.05, 4.69) is 5.32 Å². The highest BCUT2D eigenvalue weighted by Gasteiger charge is 2.30. The summed E-state index contributed by atoms with van der Waals surface area (Å²) >= 11 is 1.56. The zero-order valence-corrected chi connectivity index (χ0v) is 14.6. The number of hydrogen-bond donors (Lipinski definition) is 2. The molecule has 0 unspecified atom stereocenters. The summed E-state index contributed by atoms with van der Waals surface area (Å²) in [7, 11) is 0. The molecule has 5 nitrogen and oxygen atoms in total. The number of carboxylic acids is 1. The van der Waals surface area contributed by atoms with Gasteiger partial charge in [0.15, 0.2) is 0 Å². The molecule has 0 saturated carbocycles. The van der Waals surface area contributed by atoms with E-state index in [-0.39, 0.29) is 12.3 Å². The first-order valence-electron chi connectivity index (χ1n) is 7.69. The van der Waals surface area contributed by atoms with E-state index >= 15 is 0 Å². The van der Waals surface area contributed by atoms with Gasteiger partial charge in [0, 0.05) is 17.0 Å². The minimum absolute atomic E-state index is 0.0694. The van der Waals surface area contributed by atoms with Gasteiger partial charge in [-0.15, -0.1) is 11.3 Å². The van der Waals surface area contributed by atoms with Crippen molar-refractivity contribution in [2.75, 3.05) is 11.9 Å². The van der Waals surface area contributed by atoms with Crippen LogP contribution in [0.15, 0.2) is 41.8 Å². The molecule has 1 heterocycles. The topological polar surface area (TPSA) is 75.6 Å². The van der Waals surface area contributed by atoms with Gasteiger partial charge >= 0.3 is 5.97 Å². The third-order valence-corrected chi connectivity index (χ3v) is 4.81. The Morgan fingerprint density at radius 1 is 1.21 bits per heavy atom. The van der Waals surface area contributed by atoms with Crippen molar-refractivity contribution < 1.29 is 19.4 Å². The molecule has 0 fully saturated rings. The molecule has 2 aromatic rings. The highest BCUT2D eigenvalue weighted by atomic mass is 32.1. The molecule has 0 atom stereocenters. The Hall–Kier alpha value is -2.34. The first-order valence-corrected chi connectivity index (χ1v) is 8.57. The summed E-state index contributed by atoms with van der Waals surface area (Å²) in [6.45, 7) is 4.14. The average molecular weight is 347 g/mol. The van der Waals surface area contributed by atoms with E-state index in [0.29, 0.717) is 24.5 Å². The molecule has 0 aliphatic carbocycles. The zero-order chi connectivity index (χ0) is 17.6. The first kappa shape index (κ1) is 18.0. The molecule has 128 valence electrons. The van der Waals surface area contributed by atoms with Crippen LogP contribution < -0.4 is 10.1 Å².